The molecule has 3 rings (SSSR count). The molecule has 0 saturated carbocycles. The largest absolute Gasteiger partial charge is 0.497 e. The molecule has 152 valence electrons. The molecule has 0 aromatic heterocycles. The summed E-state index contributed by atoms with van der Waals surface area (Å²) in [4.78, 5) is 25.8. The summed E-state index contributed by atoms with van der Waals surface area (Å²) in [6.45, 7) is 2.83. The van der Waals surface area contributed by atoms with Gasteiger partial charge in [0.15, 0.2) is 11.6 Å². The number of carbonyl (C=O) groups excluding carboxylic acids is 2. The zero-order chi connectivity index (χ0) is 21.0. The molecule has 2 aromatic carbocycles. The van der Waals surface area contributed by atoms with Gasteiger partial charge in [-0.15, -0.1) is 11.6 Å². The summed E-state index contributed by atoms with van der Waals surface area (Å²) in [6.07, 6.45) is 0.867. The van der Waals surface area contributed by atoms with Gasteiger partial charge in [0.1, 0.15) is 11.9 Å². The zero-order valence-electron chi connectivity index (χ0n) is 16.9. The molecule has 0 spiro atoms. The van der Waals surface area contributed by atoms with Gasteiger partial charge in [0.05, 0.1) is 7.11 Å². The van der Waals surface area contributed by atoms with Crippen LogP contribution in [0.3, 0.4) is 0 Å². The number of ether oxygens (including phenoxy) is 2. The van der Waals surface area contributed by atoms with Crippen molar-refractivity contribution in [3.8, 4) is 5.75 Å². The minimum absolute atomic E-state index is 0.322. The first-order valence-corrected chi connectivity index (χ1v) is 10.2. The maximum absolute atomic E-state index is 12.9. The van der Waals surface area contributed by atoms with E-state index in [2.05, 4.69) is 0 Å². The maximum Gasteiger partial charge on any atom is 0.210 e. The summed E-state index contributed by atoms with van der Waals surface area (Å²) in [6, 6.07) is 17.1. The molecule has 1 unspecified atom stereocenters. The summed E-state index contributed by atoms with van der Waals surface area (Å²) in [7, 11) is 1.60. The molecule has 0 fully saturated rings. The highest BCUT2D eigenvalue weighted by Gasteiger charge is 2.54. The molecule has 0 saturated heterocycles. The highest BCUT2D eigenvalue weighted by Crippen LogP contribution is 2.51. The fourth-order valence-corrected chi connectivity index (χ4v) is 4.12. The minimum Gasteiger partial charge on any atom is -0.497 e. The van der Waals surface area contributed by atoms with E-state index in [1.165, 1.54) is 13.8 Å². The molecule has 0 radical (unpaired) electrons. The van der Waals surface area contributed by atoms with Gasteiger partial charge in [-0.3, -0.25) is 9.59 Å². The third-order valence-corrected chi connectivity index (χ3v) is 5.60. The van der Waals surface area contributed by atoms with Crippen molar-refractivity contribution in [2.24, 2.45) is 0 Å². The van der Waals surface area contributed by atoms with Crippen molar-refractivity contribution in [1.82, 2.24) is 0 Å². The molecule has 2 aromatic rings. The van der Waals surface area contributed by atoms with Gasteiger partial charge in [0, 0.05) is 11.5 Å². The van der Waals surface area contributed by atoms with E-state index >= 15 is 0 Å². The first-order valence-electron chi connectivity index (χ1n) is 9.64. The lowest BCUT2D eigenvalue weighted by atomic mass is 9.79. The molecule has 1 atom stereocenters. The minimum atomic E-state index is -1.63. The highest BCUT2D eigenvalue weighted by molar-refractivity contribution is 6.21. The smallest absolute Gasteiger partial charge is 0.210 e. The predicted molar refractivity (Wildman–Crippen MR) is 114 cm³/mol. The Hall–Kier alpha value is -2.43. The molecule has 1 aliphatic heterocycles. The maximum atomic E-state index is 12.9. The lowest BCUT2D eigenvalue weighted by Crippen LogP contribution is -2.45. The van der Waals surface area contributed by atoms with E-state index in [4.69, 9.17) is 21.1 Å². The van der Waals surface area contributed by atoms with Crippen molar-refractivity contribution in [1.29, 1.82) is 0 Å². The standard InChI is InChI=1S/C24H25ClO4/c1-16(26)24(17(2)27)22(18-11-13-20(28-3)14-12-18)21(10-7-15-25)23(29-24)19-8-5-4-6-9-19/h4-6,8-9,11-14,23H,7,10,15H2,1-3H3. The topological polar surface area (TPSA) is 52.6 Å². The van der Waals surface area contributed by atoms with Crippen molar-refractivity contribution in [3.05, 3.63) is 71.3 Å². The Morgan fingerprint density at radius 1 is 1.03 bits per heavy atom. The Kier molecular flexibility index (Phi) is 6.56. The lowest BCUT2D eigenvalue weighted by molar-refractivity contribution is -0.149. The van der Waals surface area contributed by atoms with Crippen molar-refractivity contribution >= 4 is 28.7 Å². The Labute approximate surface area is 176 Å². The van der Waals surface area contributed by atoms with Crippen LogP contribution < -0.4 is 4.74 Å². The van der Waals surface area contributed by atoms with Crippen LogP contribution in [0.2, 0.25) is 0 Å². The molecule has 0 amide bonds. The van der Waals surface area contributed by atoms with Crippen molar-refractivity contribution in [2.45, 2.75) is 38.4 Å². The molecule has 1 heterocycles. The number of methoxy groups -OCH3 is 1. The van der Waals surface area contributed by atoms with Crippen molar-refractivity contribution in [3.63, 3.8) is 0 Å². The zero-order valence-corrected chi connectivity index (χ0v) is 17.7. The average molecular weight is 413 g/mol. The van der Waals surface area contributed by atoms with Crippen LogP contribution in [-0.4, -0.2) is 30.2 Å². The molecule has 0 bridgehead atoms. The van der Waals surface area contributed by atoms with E-state index in [1.54, 1.807) is 7.11 Å². The normalized spacial score (nSPS) is 18.0. The molecule has 0 N–H and O–H groups in total. The van der Waals surface area contributed by atoms with Gasteiger partial charge in [-0.05, 0) is 55.5 Å². The van der Waals surface area contributed by atoms with Crippen LogP contribution in [0.4, 0.5) is 0 Å². The molecule has 0 aliphatic carbocycles. The van der Waals surface area contributed by atoms with Crippen LogP contribution in [0.1, 0.15) is 43.9 Å². The predicted octanol–water partition coefficient (Wildman–Crippen LogP) is 5.16. The fourth-order valence-electron chi connectivity index (χ4n) is 3.99. The number of benzene rings is 2. The Balaban J connectivity index is 2.28. The molecule has 29 heavy (non-hydrogen) atoms. The number of Topliss-reactive ketones (excluding diaryl/α,β-unsaturated/α-hetero) is 2. The summed E-state index contributed by atoms with van der Waals surface area (Å²) in [5, 5.41) is 0. The number of alkyl halides is 1. The van der Waals surface area contributed by atoms with E-state index in [0.29, 0.717) is 23.6 Å². The first-order chi connectivity index (χ1) is 14.0. The van der Waals surface area contributed by atoms with E-state index < -0.39 is 11.7 Å². The number of hydrogen-bond donors (Lipinski definition) is 0. The summed E-state index contributed by atoms with van der Waals surface area (Å²) >= 11 is 5.99. The van der Waals surface area contributed by atoms with Gasteiger partial charge >= 0.3 is 0 Å². The van der Waals surface area contributed by atoms with Crippen LogP contribution in [0.15, 0.2) is 60.2 Å². The quantitative estimate of drug-likeness (QED) is 0.444. The van der Waals surface area contributed by atoms with Crippen molar-refractivity contribution in [2.75, 3.05) is 13.0 Å². The number of ketones is 2. The Morgan fingerprint density at radius 3 is 2.17 bits per heavy atom. The van der Waals surface area contributed by atoms with E-state index in [0.717, 1.165) is 23.1 Å². The molecular weight excluding hydrogens is 388 g/mol. The third-order valence-electron chi connectivity index (χ3n) is 5.34. The van der Waals surface area contributed by atoms with Crippen LogP contribution in [0.5, 0.6) is 5.75 Å². The van der Waals surface area contributed by atoms with Crippen LogP contribution >= 0.6 is 11.6 Å². The number of halogens is 1. The fraction of sp³-hybridized carbons (Fsp3) is 0.333. The summed E-state index contributed by atoms with van der Waals surface area (Å²) in [5.41, 5.74) is 1.62. The number of rotatable bonds is 8. The van der Waals surface area contributed by atoms with Gasteiger partial charge in [0.25, 0.3) is 0 Å². The van der Waals surface area contributed by atoms with Crippen LogP contribution in [0.25, 0.3) is 5.57 Å². The first kappa shape index (κ1) is 21.3. The Morgan fingerprint density at radius 2 is 1.66 bits per heavy atom. The SMILES string of the molecule is COc1ccc(C2=C(CCCCl)C(c3ccccc3)OC2(C(C)=O)C(C)=O)cc1. The number of hydrogen-bond acceptors (Lipinski definition) is 4. The second-order valence-electron chi connectivity index (χ2n) is 7.12. The van der Waals surface area contributed by atoms with Gasteiger partial charge in [-0.1, -0.05) is 42.5 Å². The monoisotopic (exact) mass is 412 g/mol. The Bertz CT molecular complexity index is 902. The van der Waals surface area contributed by atoms with Gasteiger partial charge < -0.3 is 9.47 Å². The van der Waals surface area contributed by atoms with Crippen LogP contribution in [-0.2, 0) is 14.3 Å². The highest BCUT2D eigenvalue weighted by atomic mass is 35.5. The second kappa shape index (κ2) is 8.93. The van der Waals surface area contributed by atoms with Gasteiger partial charge in [-0.2, -0.15) is 0 Å². The molecule has 5 heteroatoms. The number of carbonyl (C=O) groups is 2. The van der Waals surface area contributed by atoms with Gasteiger partial charge in [-0.25, -0.2) is 0 Å². The second-order valence-corrected chi connectivity index (χ2v) is 7.50. The van der Waals surface area contributed by atoms with E-state index in [1.807, 2.05) is 54.6 Å². The van der Waals surface area contributed by atoms with Gasteiger partial charge in [0.2, 0.25) is 5.60 Å². The summed E-state index contributed by atoms with van der Waals surface area (Å²) < 4.78 is 11.6. The molecular formula is C24H25ClO4. The van der Waals surface area contributed by atoms with Crippen molar-refractivity contribution < 1.29 is 19.1 Å². The molecule has 4 nitrogen and oxygen atoms in total. The van der Waals surface area contributed by atoms with Crippen LogP contribution in [0, 0.1) is 0 Å². The summed E-state index contributed by atoms with van der Waals surface area (Å²) in [5.74, 6) is 0.537. The average Bonchev–Trinajstić information content (AvgIpc) is 3.09. The third kappa shape index (κ3) is 3.87. The lowest BCUT2D eigenvalue weighted by Gasteiger charge is -2.28. The molecule has 1 aliphatic rings. The van der Waals surface area contributed by atoms with E-state index in [-0.39, 0.29) is 11.6 Å². The van der Waals surface area contributed by atoms with E-state index in [9.17, 15) is 9.59 Å².